The number of carboxylic acids is 1. The third-order valence-electron chi connectivity index (χ3n) is 1.77. The minimum atomic E-state index is -1.86. The zero-order chi connectivity index (χ0) is 11.3. The van der Waals surface area contributed by atoms with E-state index in [4.69, 9.17) is 15.2 Å². The Bertz CT molecular complexity index is 339. The van der Waals surface area contributed by atoms with E-state index in [1.54, 1.807) is 24.3 Å². The van der Waals surface area contributed by atoms with Crippen molar-refractivity contribution >= 4 is 13.3 Å². The molecule has 0 heterocycles. The summed E-state index contributed by atoms with van der Waals surface area (Å²) in [7, 11) is -1.86. The Balaban J connectivity index is 2.61. The van der Waals surface area contributed by atoms with E-state index in [0.29, 0.717) is 12.2 Å². The lowest BCUT2D eigenvalue weighted by atomic mass is 10.1. The van der Waals surface area contributed by atoms with Crippen molar-refractivity contribution in [1.29, 1.82) is 0 Å². The first kappa shape index (κ1) is 11.5. The van der Waals surface area contributed by atoms with Crippen LogP contribution in [0.25, 0.3) is 0 Å². The van der Waals surface area contributed by atoms with E-state index in [2.05, 4.69) is 4.65 Å². The van der Waals surface area contributed by atoms with Gasteiger partial charge < -0.3 is 19.8 Å². The van der Waals surface area contributed by atoms with Gasteiger partial charge in [0, 0.05) is 6.42 Å². The van der Waals surface area contributed by atoms with E-state index in [-0.39, 0.29) is 6.42 Å². The molecule has 1 aromatic carbocycles. The molecule has 80 valence electrons. The lowest BCUT2D eigenvalue weighted by Crippen LogP contribution is -2.20. The fraction of sp³-hybridized carbons (Fsp3) is 0.222. The molecule has 0 spiro atoms. The van der Waals surface area contributed by atoms with Crippen molar-refractivity contribution in [3.05, 3.63) is 29.8 Å². The van der Waals surface area contributed by atoms with Crippen LogP contribution in [0.4, 0.5) is 0 Å². The van der Waals surface area contributed by atoms with Gasteiger partial charge in [-0.2, -0.15) is 0 Å². The van der Waals surface area contributed by atoms with Crippen molar-refractivity contribution in [3.63, 3.8) is 0 Å². The minimum absolute atomic E-state index is 0.0329. The molecule has 0 fully saturated rings. The van der Waals surface area contributed by atoms with Gasteiger partial charge in [0.15, 0.2) is 0 Å². The first-order valence-corrected chi connectivity index (χ1v) is 4.41. The highest BCUT2D eigenvalue weighted by molar-refractivity contribution is 6.33. The molecule has 6 heteroatoms. The molecular weight excluding hydrogens is 199 g/mol. The van der Waals surface area contributed by atoms with Crippen LogP contribution < -0.4 is 4.65 Å². The Morgan fingerprint density at radius 3 is 2.73 bits per heavy atom. The van der Waals surface area contributed by atoms with E-state index in [9.17, 15) is 4.79 Å². The van der Waals surface area contributed by atoms with Crippen molar-refractivity contribution in [1.82, 2.24) is 0 Å². The van der Waals surface area contributed by atoms with Crippen LogP contribution in [0.1, 0.15) is 12.0 Å². The Morgan fingerprint density at radius 1 is 1.40 bits per heavy atom. The second kappa shape index (κ2) is 5.38. The van der Waals surface area contributed by atoms with Crippen LogP contribution in [0, 0.1) is 0 Å². The maximum atomic E-state index is 10.3. The molecular formula is C9H11BO5. The third-order valence-corrected chi connectivity index (χ3v) is 1.77. The van der Waals surface area contributed by atoms with E-state index in [1.165, 1.54) is 0 Å². The molecule has 0 unspecified atom stereocenters. The fourth-order valence-corrected chi connectivity index (χ4v) is 1.15. The van der Waals surface area contributed by atoms with Crippen molar-refractivity contribution in [2.45, 2.75) is 12.8 Å². The zero-order valence-corrected chi connectivity index (χ0v) is 7.96. The number of carboxylic acid groups (broad SMARTS) is 1. The van der Waals surface area contributed by atoms with Gasteiger partial charge in [-0.25, -0.2) is 0 Å². The molecule has 0 amide bonds. The first-order valence-electron chi connectivity index (χ1n) is 4.41. The summed E-state index contributed by atoms with van der Waals surface area (Å²) in [5.41, 5.74) is 0.774. The number of aryl methyl sites for hydroxylation is 1. The van der Waals surface area contributed by atoms with Crippen LogP contribution in [0.2, 0.25) is 0 Å². The summed E-state index contributed by atoms with van der Waals surface area (Å²) in [5, 5.41) is 25.6. The van der Waals surface area contributed by atoms with Crippen molar-refractivity contribution in [3.8, 4) is 5.75 Å². The molecule has 15 heavy (non-hydrogen) atoms. The molecule has 0 bridgehead atoms. The highest BCUT2D eigenvalue weighted by Crippen LogP contribution is 2.14. The second-order valence-corrected chi connectivity index (χ2v) is 2.99. The number of benzene rings is 1. The van der Waals surface area contributed by atoms with Gasteiger partial charge in [0.25, 0.3) is 0 Å². The van der Waals surface area contributed by atoms with Crippen molar-refractivity contribution in [2.75, 3.05) is 0 Å². The van der Waals surface area contributed by atoms with Gasteiger partial charge in [0.05, 0.1) is 0 Å². The lowest BCUT2D eigenvalue weighted by molar-refractivity contribution is -0.136. The van der Waals surface area contributed by atoms with Gasteiger partial charge in [0.1, 0.15) is 5.75 Å². The summed E-state index contributed by atoms with van der Waals surface area (Å²) in [6.07, 6.45) is 0.416. The normalized spacial score (nSPS) is 9.73. The maximum absolute atomic E-state index is 10.3. The molecule has 3 N–H and O–H groups in total. The smallest absolute Gasteiger partial charge is 0.512 e. The summed E-state index contributed by atoms with van der Waals surface area (Å²) in [5.74, 6) is -0.573. The monoisotopic (exact) mass is 210 g/mol. The summed E-state index contributed by atoms with van der Waals surface area (Å²) < 4.78 is 4.63. The Kier molecular flexibility index (Phi) is 4.14. The highest BCUT2D eigenvalue weighted by atomic mass is 16.6. The average Bonchev–Trinajstić information content (AvgIpc) is 2.14. The molecule has 0 saturated carbocycles. The van der Waals surface area contributed by atoms with E-state index in [0.717, 1.165) is 5.56 Å². The Hall–Kier alpha value is -1.53. The Labute approximate surface area is 87.1 Å². The molecule has 1 rings (SSSR count). The molecule has 0 aliphatic carbocycles. The number of rotatable bonds is 5. The van der Waals surface area contributed by atoms with Crippen molar-refractivity contribution in [2.24, 2.45) is 0 Å². The summed E-state index contributed by atoms with van der Waals surface area (Å²) in [4.78, 5) is 10.3. The number of aliphatic carboxylic acids is 1. The predicted molar refractivity (Wildman–Crippen MR) is 53.2 cm³/mol. The Morgan fingerprint density at radius 2 is 2.13 bits per heavy atom. The SMILES string of the molecule is O=C(O)CCc1cccc(OB(O)O)c1. The standard InChI is InChI=1S/C9H11BO5/c11-9(12)5-4-7-2-1-3-8(6-7)15-10(13)14/h1-3,6,13-14H,4-5H2,(H,11,12). The van der Waals surface area contributed by atoms with Gasteiger partial charge in [-0.15, -0.1) is 0 Å². The molecule has 0 aliphatic rings. The van der Waals surface area contributed by atoms with Gasteiger partial charge in [0.2, 0.25) is 0 Å². The molecule has 0 aliphatic heterocycles. The maximum Gasteiger partial charge on any atom is 0.707 e. The molecule has 5 nitrogen and oxygen atoms in total. The quantitative estimate of drug-likeness (QED) is 0.597. The van der Waals surface area contributed by atoms with Gasteiger partial charge in [-0.1, -0.05) is 12.1 Å². The van der Waals surface area contributed by atoms with Crippen LogP contribution >= 0.6 is 0 Å². The van der Waals surface area contributed by atoms with Crippen LogP contribution in [0.5, 0.6) is 5.75 Å². The number of carbonyl (C=O) groups is 1. The second-order valence-electron chi connectivity index (χ2n) is 2.99. The van der Waals surface area contributed by atoms with Crippen LogP contribution in [0.15, 0.2) is 24.3 Å². The largest absolute Gasteiger partial charge is 0.707 e. The average molecular weight is 210 g/mol. The first-order chi connectivity index (χ1) is 7.08. The molecule has 1 aromatic rings. The predicted octanol–water partition coefficient (Wildman–Crippen LogP) is 0.0521. The van der Waals surface area contributed by atoms with E-state index >= 15 is 0 Å². The van der Waals surface area contributed by atoms with Crippen LogP contribution in [0.3, 0.4) is 0 Å². The van der Waals surface area contributed by atoms with Crippen LogP contribution in [-0.4, -0.2) is 28.4 Å². The third kappa shape index (κ3) is 4.48. The summed E-state index contributed by atoms with van der Waals surface area (Å²) >= 11 is 0. The molecule has 0 saturated heterocycles. The molecule has 0 radical (unpaired) electrons. The minimum Gasteiger partial charge on any atom is -0.512 e. The fourth-order valence-electron chi connectivity index (χ4n) is 1.15. The lowest BCUT2D eigenvalue weighted by Gasteiger charge is -2.06. The molecule has 0 atom stereocenters. The van der Waals surface area contributed by atoms with E-state index in [1.807, 2.05) is 0 Å². The van der Waals surface area contributed by atoms with Gasteiger partial charge >= 0.3 is 13.3 Å². The highest BCUT2D eigenvalue weighted by Gasteiger charge is 2.11. The molecule has 0 aromatic heterocycles. The summed E-state index contributed by atoms with van der Waals surface area (Å²) in [6, 6.07) is 6.54. The van der Waals surface area contributed by atoms with Gasteiger partial charge in [-0.05, 0) is 24.1 Å². The van der Waals surface area contributed by atoms with Gasteiger partial charge in [-0.3, -0.25) is 4.79 Å². The number of hydrogen-bond acceptors (Lipinski definition) is 4. The van der Waals surface area contributed by atoms with E-state index < -0.39 is 13.3 Å². The topological polar surface area (TPSA) is 87.0 Å². The number of hydrogen-bond donors (Lipinski definition) is 3. The van der Waals surface area contributed by atoms with Crippen LogP contribution in [-0.2, 0) is 11.2 Å². The summed E-state index contributed by atoms with van der Waals surface area (Å²) in [6.45, 7) is 0. The van der Waals surface area contributed by atoms with Crippen molar-refractivity contribution < 1.29 is 24.6 Å². The zero-order valence-electron chi connectivity index (χ0n) is 7.96.